The molecular formula is C20H18ClFN6O. The van der Waals surface area contributed by atoms with E-state index in [1.54, 1.807) is 30.3 Å². The number of carbonyl (C=O) groups excluding carboxylic acids is 1. The molecule has 2 aromatic heterocycles. The van der Waals surface area contributed by atoms with E-state index in [9.17, 15) is 9.18 Å². The molecule has 148 valence electrons. The summed E-state index contributed by atoms with van der Waals surface area (Å²) in [5.74, 6) is -0.299. The van der Waals surface area contributed by atoms with Crippen LogP contribution in [0.5, 0.6) is 0 Å². The van der Waals surface area contributed by atoms with Gasteiger partial charge in [-0.25, -0.2) is 9.37 Å². The maximum Gasteiger partial charge on any atom is 0.288 e. The fraction of sp³-hybridized carbons (Fsp3) is 0.200. The van der Waals surface area contributed by atoms with Crippen LogP contribution in [0.15, 0.2) is 42.5 Å². The monoisotopic (exact) mass is 412 g/mol. The Kier molecular flexibility index (Phi) is 5.26. The Bertz CT molecular complexity index is 1060. The van der Waals surface area contributed by atoms with Gasteiger partial charge in [-0.15, -0.1) is 10.2 Å². The van der Waals surface area contributed by atoms with Crippen molar-refractivity contribution in [1.29, 1.82) is 0 Å². The highest BCUT2D eigenvalue weighted by Crippen LogP contribution is 2.34. The van der Waals surface area contributed by atoms with Gasteiger partial charge in [-0.2, -0.15) is 0 Å². The maximum absolute atomic E-state index is 13.1. The Balaban J connectivity index is 1.52. The summed E-state index contributed by atoms with van der Waals surface area (Å²) in [6, 6.07) is 11.0. The third-order valence-corrected chi connectivity index (χ3v) is 4.98. The van der Waals surface area contributed by atoms with E-state index in [0.717, 1.165) is 36.2 Å². The van der Waals surface area contributed by atoms with Gasteiger partial charge in [0.1, 0.15) is 11.5 Å². The lowest BCUT2D eigenvalue weighted by molar-refractivity contribution is 0.0957. The lowest BCUT2D eigenvalue weighted by Crippen LogP contribution is -2.33. The number of benzene rings is 1. The lowest BCUT2D eigenvalue weighted by atomic mass is 10.0. The number of anilines is 2. The highest BCUT2D eigenvalue weighted by atomic mass is 35.5. The van der Waals surface area contributed by atoms with Crippen molar-refractivity contribution in [3.8, 4) is 11.3 Å². The van der Waals surface area contributed by atoms with Gasteiger partial charge in [0.15, 0.2) is 11.0 Å². The Morgan fingerprint density at radius 3 is 2.76 bits per heavy atom. The fourth-order valence-corrected chi connectivity index (χ4v) is 3.59. The van der Waals surface area contributed by atoms with E-state index in [0.29, 0.717) is 16.7 Å². The summed E-state index contributed by atoms with van der Waals surface area (Å²) in [5, 5.41) is 8.38. The van der Waals surface area contributed by atoms with Crippen molar-refractivity contribution in [3.63, 3.8) is 0 Å². The van der Waals surface area contributed by atoms with Crippen molar-refractivity contribution in [2.75, 3.05) is 23.9 Å². The van der Waals surface area contributed by atoms with Gasteiger partial charge in [-0.05, 0) is 49.2 Å². The zero-order chi connectivity index (χ0) is 20.4. The molecule has 9 heteroatoms. The first-order valence-electron chi connectivity index (χ1n) is 9.08. The lowest BCUT2D eigenvalue weighted by Gasteiger charge is -2.28. The van der Waals surface area contributed by atoms with Gasteiger partial charge >= 0.3 is 0 Å². The van der Waals surface area contributed by atoms with E-state index >= 15 is 0 Å². The highest BCUT2D eigenvalue weighted by Gasteiger charge is 2.22. The minimum absolute atomic E-state index is 0.215. The molecule has 3 aromatic rings. The average molecular weight is 413 g/mol. The molecule has 0 bridgehead atoms. The molecule has 2 N–H and O–H groups in total. The number of nitrogens with one attached hydrogen (secondary N) is 2. The fourth-order valence-electron chi connectivity index (χ4n) is 3.29. The van der Waals surface area contributed by atoms with E-state index in [1.807, 2.05) is 11.9 Å². The molecule has 0 spiro atoms. The molecule has 1 amide bonds. The summed E-state index contributed by atoms with van der Waals surface area (Å²) in [5.41, 5.74) is 8.68. The van der Waals surface area contributed by atoms with Gasteiger partial charge in [0.2, 0.25) is 0 Å². The number of hydrazine groups is 1. The number of halogens is 2. The molecule has 0 atom stereocenters. The Hall–Kier alpha value is -3.26. The highest BCUT2D eigenvalue weighted by molar-refractivity contribution is 6.32. The molecule has 4 rings (SSSR count). The minimum atomic E-state index is -0.427. The van der Waals surface area contributed by atoms with Gasteiger partial charge < -0.3 is 4.90 Å². The summed E-state index contributed by atoms with van der Waals surface area (Å²) in [6.07, 6.45) is 1.74. The smallest absolute Gasteiger partial charge is 0.288 e. The second-order valence-corrected chi connectivity index (χ2v) is 7.04. The van der Waals surface area contributed by atoms with Crippen LogP contribution in [-0.2, 0) is 6.42 Å². The summed E-state index contributed by atoms with van der Waals surface area (Å²) >= 11 is 6.19. The average Bonchev–Trinajstić information content (AvgIpc) is 2.74. The zero-order valence-electron chi connectivity index (χ0n) is 15.6. The third-order valence-electron chi connectivity index (χ3n) is 4.72. The molecular weight excluding hydrogens is 395 g/mol. The van der Waals surface area contributed by atoms with Crippen molar-refractivity contribution >= 4 is 29.0 Å². The predicted molar refractivity (Wildman–Crippen MR) is 109 cm³/mol. The van der Waals surface area contributed by atoms with Crippen molar-refractivity contribution in [2.45, 2.75) is 12.8 Å². The van der Waals surface area contributed by atoms with Gasteiger partial charge in [0.05, 0.1) is 11.4 Å². The van der Waals surface area contributed by atoms with Crippen molar-refractivity contribution in [1.82, 2.24) is 20.6 Å². The standard InChI is InChI=1S/C20H18ClFN6O/c1-28-11-3-4-14-17(28)18(21)24-25-19(14)26-27-20(29)16-6-2-5-15(23-16)12-7-9-13(22)10-8-12/h2,5-10H,3-4,11H2,1H3,(H,25,26)(H,27,29). The quantitative estimate of drug-likeness (QED) is 0.638. The van der Waals surface area contributed by atoms with Crippen molar-refractivity contribution in [2.24, 2.45) is 0 Å². The largest absolute Gasteiger partial charge is 0.372 e. The molecule has 0 radical (unpaired) electrons. The van der Waals surface area contributed by atoms with Crippen LogP contribution in [0.1, 0.15) is 22.5 Å². The molecule has 3 heterocycles. The van der Waals surface area contributed by atoms with Gasteiger partial charge in [-0.3, -0.25) is 15.6 Å². The number of pyridine rings is 1. The summed E-state index contributed by atoms with van der Waals surface area (Å²) in [7, 11) is 1.94. The molecule has 1 aliphatic heterocycles. The van der Waals surface area contributed by atoms with Crippen LogP contribution >= 0.6 is 11.6 Å². The number of nitrogens with zero attached hydrogens (tertiary/aromatic N) is 4. The van der Waals surface area contributed by atoms with E-state index in [4.69, 9.17) is 11.6 Å². The first-order valence-corrected chi connectivity index (χ1v) is 9.46. The molecule has 0 aliphatic carbocycles. The molecule has 1 aliphatic rings. The molecule has 1 aromatic carbocycles. The van der Waals surface area contributed by atoms with Crippen LogP contribution in [0.3, 0.4) is 0 Å². The second kappa shape index (κ2) is 8.00. The summed E-state index contributed by atoms with van der Waals surface area (Å²) in [4.78, 5) is 19.0. The van der Waals surface area contributed by atoms with Crippen LogP contribution in [0, 0.1) is 5.82 Å². The van der Waals surface area contributed by atoms with Crippen LogP contribution in [0.2, 0.25) is 5.15 Å². The number of amides is 1. The first kappa shape index (κ1) is 19.1. The number of hydrogen-bond acceptors (Lipinski definition) is 6. The molecule has 7 nitrogen and oxygen atoms in total. The number of carbonyl (C=O) groups is 1. The number of rotatable bonds is 4. The van der Waals surface area contributed by atoms with Crippen LogP contribution in [-0.4, -0.2) is 34.7 Å². The molecule has 0 saturated heterocycles. The number of hydrogen-bond donors (Lipinski definition) is 2. The molecule has 0 unspecified atom stereocenters. The third kappa shape index (κ3) is 3.97. The van der Waals surface area contributed by atoms with Gasteiger partial charge in [0.25, 0.3) is 5.91 Å². The Morgan fingerprint density at radius 1 is 1.17 bits per heavy atom. The first-order chi connectivity index (χ1) is 14.0. The number of fused-ring (bicyclic) bond motifs is 1. The topological polar surface area (TPSA) is 83.0 Å². The van der Waals surface area contributed by atoms with Crippen LogP contribution < -0.4 is 15.8 Å². The van der Waals surface area contributed by atoms with Crippen molar-refractivity contribution < 1.29 is 9.18 Å². The van der Waals surface area contributed by atoms with Crippen LogP contribution in [0.25, 0.3) is 11.3 Å². The van der Waals surface area contributed by atoms with E-state index in [1.165, 1.54) is 12.1 Å². The summed E-state index contributed by atoms with van der Waals surface area (Å²) in [6.45, 7) is 0.879. The Labute approximate surface area is 171 Å². The predicted octanol–water partition coefficient (Wildman–Crippen LogP) is 3.47. The molecule has 29 heavy (non-hydrogen) atoms. The second-order valence-electron chi connectivity index (χ2n) is 6.69. The number of aromatic nitrogens is 3. The minimum Gasteiger partial charge on any atom is -0.372 e. The van der Waals surface area contributed by atoms with E-state index in [2.05, 4.69) is 26.0 Å². The van der Waals surface area contributed by atoms with E-state index in [-0.39, 0.29) is 11.5 Å². The molecule has 0 fully saturated rings. The molecule has 0 saturated carbocycles. The zero-order valence-corrected chi connectivity index (χ0v) is 16.4. The van der Waals surface area contributed by atoms with Crippen LogP contribution in [0.4, 0.5) is 15.9 Å². The maximum atomic E-state index is 13.1. The summed E-state index contributed by atoms with van der Waals surface area (Å²) < 4.78 is 13.1. The van der Waals surface area contributed by atoms with Crippen molar-refractivity contribution in [3.05, 3.63) is 64.7 Å². The van der Waals surface area contributed by atoms with Gasteiger partial charge in [-0.1, -0.05) is 17.7 Å². The SMILES string of the molecule is CN1CCCc2c(NNC(=O)c3cccc(-c4ccc(F)cc4)n3)nnc(Cl)c21. The Morgan fingerprint density at radius 2 is 1.97 bits per heavy atom. The normalized spacial score (nSPS) is 13.0. The van der Waals surface area contributed by atoms with E-state index < -0.39 is 5.91 Å². The van der Waals surface area contributed by atoms with Gasteiger partial charge in [0, 0.05) is 24.7 Å².